The molecule has 1 atom stereocenters. The molecular formula is C12H22O2. The average molecular weight is 198 g/mol. The minimum absolute atomic E-state index is 0.0505. The lowest BCUT2D eigenvalue weighted by Gasteiger charge is -2.14. The first kappa shape index (κ1) is 15.6. The molecule has 2 heteroatoms. The van der Waals surface area contributed by atoms with E-state index >= 15 is 0 Å². The number of allylic oxidation sites excluding steroid dienone is 2. The van der Waals surface area contributed by atoms with Crippen LogP contribution in [0.3, 0.4) is 0 Å². The molecule has 0 aliphatic heterocycles. The van der Waals surface area contributed by atoms with Gasteiger partial charge >= 0.3 is 0 Å². The van der Waals surface area contributed by atoms with Gasteiger partial charge in [0.25, 0.3) is 0 Å². The molecule has 14 heavy (non-hydrogen) atoms. The van der Waals surface area contributed by atoms with Crippen LogP contribution >= 0.6 is 0 Å². The summed E-state index contributed by atoms with van der Waals surface area (Å²) in [5.41, 5.74) is 0.981. The zero-order chi connectivity index (χ0) is 11.4. The first-order chi connectivity index (χ1) is 6.79. The van der Waals surface area contributed by atoms with Crippen LogP contribution in [0.4, 0.5) is 0 Å². The summed E-state index contributed by atoms with van der Waals surface area (Å²) in [4.78, 5) is 0. The molecule has 0 aromatic carbocycles. The Labute approximate surface area is 87.9 Å². The van der Waals surface area contributed by atoms with Gasteiger partial charge in [-0.25, -0.2) is 0 Å². The fourth-order valence-corrected chi connectivity index (χ4v) is 0.895. The summed E-state index contributed by atoms with van der Waals surface area (Å²) >= 11 is 0. The van der Waals surface area contributed by atoms with Crippen LogP contribution < -0.4 is 0 Å². The van der Waals surface area contributed by atoms with Gasteiger partial charge in [0.05, 0.1) is 6.61 Å². The van der Waals surface area contributed by atoms with Crippen molar-refractivity contribution in [2.24, 2.45) is 0 Å². The summed E-state index contributed by atoms with van der Waals surface area (Å²) < 4.78 is 10.2. The summed E-state index contributed by atoms with van der Waals surface area (Å²) in [6, 6.07) is 0. The molecule has 0 rings (SSSR count). The summed E-state index contributed by atoms with van der Waals surface area (Å²) in [7, 11) is 3.28. The van der Waals surface area contributed by atoms with Crippen molar-refractivity contribution >= 4 is 0 Å². The van der Waals surface area contributed by atoms with Crippen LogP contribution in [-0.4, -0.2) is 26.9 Å². The molecule has 0 aliphatic carbocycles. The predicted molar refractivity (Wildman–Crippen MR) is 62.5 cm³/mol. The van der Waals surface area contributed by atoms with E-state index in [2.05, 4.69) is 13.2 Å². The molecule has 0 N–H and O–H groups in total. The van der Waals surface area contributed by atoms with E-state index in [1.165, 1.54) is 0 Å². The van der Waals surface area contributed by atoms with Gasteiger partial charge in [-0.3, -0.25) is 0 Å². The van der Waals surface area contributed by atoms with Gasteiger partial charge < -0.3 is 9.47 Å². The minimum Gasteiger partial charge on any atom is -0.382 e. The van der Waals surface area contributed by atoms with Gasteiger partial charge in [-0.15, -0.1) is 0 Å². The normalized spacial score (nSPS) is 12.4. The predicted octanol–water partition coefficient (Wildman–Crippen LogP) is 2.97. The molecule has 0 amide bonds. The Kier molecular flexibility index (Phi) is 13.5. The van der Waals surface area contributed by atoms with E-state index in [0.29, 0.717) is 6.61 Å². The van der Waals surface area contributed by atoms with Crippen molar-refractivity contribution < 1.29 is 9.47 Å². The van der Waals surface area contributed by atoms with Crippen LogP contribution in [0.1, 0.15) is 13.8 Å². The molecular weight excluding hydrogens is 176 g/mol. The molecule has 0 fully saturated rings. The fourth-order valence-electron chi connectivity index (χ4n) is 0.895. The van der Waals surface area contributed by atoms with Crippen molar-refractivity contribution in [3.63, 3.8) is 0 Å². The summed E-state index contributed by atoms with van der Waals surface area (Å²) in [6.45, 7) is 11.8. The quantitative estimate of drug-likeness (QED) is 0.611. The van der Waals surface area contributed by atoms with Gasteiger partial charge in [-0.1, -0.05) is 45.2 Å². The SMILES string of the molecule is C=C/C=C(\C=C)C(COC)OC.CC. The highest BCUT2D eigenvalue weighted by atomic mass is 16.5. The monoisotopic (exact) mass is 198 g/mol. The molecule has 0 heterocycles. The van der Waals surface area contributed by atoms with Crippen molar-refractivity contribution in [1.29, 1.82) is 0 Å². The Morgan fingerprint density at radius 3 is 2.14 bits per heavy atom. The smallest absolute Gasteiger partial charge is 0.105 e. The topological polar surface area (TPSA) is 18.5 Å². The summed E-state index contributed by atoms with van der Waals surface area (Å²) in [5, 5.41) is 0. The fraction of sp³-hybridized carbons (Fsp3) is 0.500. The lowest BCUT2D eigenvalue weighted by atomic mass is 10.1. The average Bonchev–Trinajstić information content (AvgIpc) is 2.26. The maximum absolute atomic E-state index is 5.18. The maximum Gasteiger partial charge on any atom is 0.105 e. The number of ether oxygens (including phenoxy) is 2. The van der Waals surface area contributed by atoms with Crippen molar-refractivity contribution in [2.45, 2.75) is 20.0 Å². The van der Waals surface area contributed by atoms with Gasteiger partial charge in [-0.05, 0) is 5.57 Å². The number of rotatable bonds is 6. The molecule has 1 unspecified atom stereocenters. The molecule has 0 radical (unpaired) electrons. The van der Waals surface area contributed by atoms with Gasteiger partial charge in [0.2, 0.25) is 0 Å². The largest absolute Gasteiger partial charge is 0.382 e. The molecule has 0 saturated heterocycles. The third kappa shape index (κ3) is 6.63. The third-order valence-electron chi connectivity index (χ3n) is 1.52. The molecule has 0 aromatic rings. The second kappa shape index (κ2) is 12.1. The molecule has 0 saturated carbocycles. The van der Waals surface area contributed by atoms with Crippen molar-refractivity contribution in [3.05, 3.63) is 37.0 Å². The Hall–Kier alpha value is -0.860. The molecule has 2 nitrogen and oxygen atoms in total. The molecule has 0 spiro atoms. The zero-order valence-corrected chi connectivity index (χ0v) is 9.75. The highest BCUT2D eigenvalue weighted by molar-refractivity contribution is 5.25. The summed E-state index contributed by atoms with van der Waals surface area (Å²) in [6.07, 6.45) is 5.26. The number of methoxy groups -OCH3 is 2. The lowest BCUT2D eigenvalue weighted by molar-refractivity contribution is 0.0524. The molecule has 0 bridgehead atoms. The Bertz CT molecular complexity index is 171. The second-order valence-electron chi connectivity index (χ2n) is 2.29. The van der Waals surface area contributed by atoms with Crippen LogP contribution in [0.5, 0.6) is 0 Å². The Morgan fingerprint density at radius 2 is 1.86 bits per heavy atom. The summed E-state index contributed by atoms with van der Waals surface area (Å²) in [5.74, 6) is 0. The second-order valence-corrected chi connectivity index (χ2v) is 2.29. The van der Waals surface area contributed by atoms with E-state index in [1.54, 1.807) is 26.4 Å². The van der Waals surface area contributed by atoms with E-state index in [0.717, 1.165) is 5.57 Å². The maximum atomic E-state index is 5.18. The zero-order valence-electron chi connectivity index (χ0n) is 9.75. The van der Waals surface area contributed by atoms with Crippen LogP contribution in [0.15, 0.2) is 37.0 Å². The highest BCUT2D eigenvalue weighted by Gasteiger charge is 2.08. The Morgan fingerprint density at radius 1 is 1.29 bits per heavy atom. The Balaban J connectivity index is 0. The van der Waals surface area contributed by atoms with Crippen LogP contribution in [0.25, 0.3) is 0 Å². The van der Waals surface area contributed by atoms with Crippen molar-refractivity contribution in [2.75, 3.05) is 20.8 Å². The first-order valence-electron chi connectivity index (χ1n) is 4.76. The number of hydrogen-bond donors (Lipinski definition) is 0. The third-order valence-corrected chi connectivity index (χ3v) is 1.52. The highest BCUT2D eigenvalue weighted by Crippen LogP contribution is 2.07. The van der Waals surface area contributed by atoms with Gasteiger partial charge in [-0.2, -0.15) is 0 Å². The van der Waals surface area contributed by atoms with E-state index in [1.807, 2.05) is 19.9 Å². The van der Waals surface area contributed by atoms with E-state index in [9.17, 15) is 0 Å². The van der Waals surface area contributed by atoms with Crippen LogP contribution in [0.2, 0.25) is 0 Å². The standard InChI is InChI=1S/C10H16O2.C2H6/c1-5-7-9(6-2)10(12-4)8-11-3;1-2/h5-7,10H,1-2,8H2,3-4H3;1-2H3/b9-7+;. The van der Waals surface area contributed by atoms with Gasteiger partial charge in [0.1, 0.15) is 6.10 Å². The van der Waals surface area contributed by atoms with Crippen LogP contribution in [0, 0.1) is 0 Å². The molecule has 0 aromatic heterocycles. The van der Waals surface area contributed by atoms with Crippen molar-refractivity contribution in [3.8, 4) is 0 Å². The van der Waals surface area contributed by atoms with Crippen molar-refractivity contribution in [1.82, 2.24) is 0 Å². The van der Waals surface area contributed by atoms with Gasteiger partial charge in [0, 0.05) is 14.2 Å². The van der Waals surface area contributed by atoms with Gasteiger partial charge in [0.15, 0.2) is 0 Å². The molecule has 0 aliphatic rings. The molecule has 82 valence electrons. The first-order valence-corrected chi connectivity index (χ1v) is 4.76. The lowest BCUT2D eigenvalue weighted by Crippen LogP contribution is -2.18. The number of hydrogen-bond acceptors (Lipinski definition) is 2. The van der Waals surface area contributed by atoms with E-state index in [4.69, 9.17) is 9.47 Å². The minimum atomic E-state index is -0.0505. The van der Waals surface area contributed by atoms with E-state index < -0.39 is 0 Å². The van der Waals surface area contributed by atoms with Crippen LogP contribution in [-0.2, 0) is 9.47 Å². The van der Waals surface area contributed by atoms with E-state index in [-0.39, 0.29) is 6.10 Å².